The molecule has 5 heteroatoms. The van der Waals surface area contributed by atoms with E-state index in [1.807, 2.05) is 33.9 Å². The van der Waals surface area contributed by atoms with E-state index in [2.05, 4.69) is 60.7 Å². The Balaban J connectivity index is 0.000000239. The van der Waals surface area contributed by atoms with Gasteiger partial charge in [0, 0.05) is 49.9 Å². The molecule has 0 amide bonds. The standard InChI is InChI=1S/C26H24NSi.C13H24O2.Ir/c1-2-7-20-16-23(10-9-19(20)6-1)26-24-17-22-8-5-15-28(13-3-4-14-28)25(22)18-21(24)11-12-27-26;1-5-10(6-2)12(14)9-13(15)11(7-3)8-4;/h1-2,6-7,9-12,17-18H,3-5,8,13-15H2;9-11,14H,5-8H2,1-4H3;/q-1;;/b;12-9-;. The fourth-order valence-corrected chi connectivity index (χ4v) is 13.1. The molecule has 0 aliphatic carbocycles. The summed E-state index contributed by atoms with van der Waals surface area (Å²) in [6.07, 6.45) is 12.4. The summed E-state index contributed by atoms with van der Waals surface area (Å²) in [4.78, 5) is 16.5. The van der Waals surface area contributed by atoms with E-state index in [4.69, 9.17) is 4.98 Å². The number of benzene rings is 3. The van der Waals surface area contributed by atoms with Gasteiger partial charge in [0.05, 0.1) is 13.8 Å². The molecule has 0 bridgehead atoms. The minimum atomic E-state index is -1.22. The normalized spacial score (nSPS) is 15.7. The fourth-order valence-electron chi connectivity index (χ4n) is 7.54. The monoisotopic (exact) mass is 783 g/mol. The van der Waals surface area contributed by atoms with Crippen molar-refractivity contribution in [1.29, 1.82) is 0 Å². The summed E-state index contributed by atoms with van der Waals surface area (Å²) in [6, 6.07) is 28.3. The molecule has 2 aliphatic heterocycles. The van der Waals surface area contributed by atoms with Crippen LogP contribution in [0.25, 0.3) is 32.8 Å². The van der Waals surface area contributed by atoms with Crippen LogP contribution in [0, 0.1) is 17.9 Å². The van der Waals surface area contributed by atoms with E-state index in [0.29, 0.717) is 0 Å². The SMILES string of the molecule is CCC(CC)C(=O)/C=C(\O)C(CC)CC.[Ir].[c-]1c(-c2nccc3cc4c(cc23)CCC[Si]42CCCC2)ccc2ccccc12. The number of aliphatic hydroxyl groups excluding tert-OH is 1. The van der Waals surface area contributed by atoms with E-state index in [1.165, 1.54) is 66.1 Å². The Kier molecular flexibility index (Phi) is 12.2. The average Bonchev–Trinajstić information content (AvgIpc) is 3.50. The van der Waals surface area contributed by atoms with Crippen LogP contribution in [-0.2, 0) is 31.3 Å². The van der Waals surface area contributed by atoms with Crippen molar-refractivity contribution in [2.45, 2.75) is 97.2 Å². The maximum Gasteiger partial charge on any atom is 0.162 e. The molecule has 3 nitrogen and oxygen atoms in total. The van der Waals surface area contributed by atoms with Gasteiger partial charge in [-0.25, -0.2) is 0 Å². The van der Waals surface area contributed by atoms with E-state index in [1.54, 1.807) is 10.8 Å². The third-order valence-electron chi connectivity index (χ3n) is 10.2. The molecular weight excluding hydrogens is 735 g/mol. The summed E-state index contributed by atoms with van der Waals surface area (Å²) in [5.74, 6) is 0.547. The van der Waals surface area contributed by atoms with Gasteiger partial charge in [-0.1, -0.05) is 112 Å². The van der Waals surface area contributed by atoms with Crippen LogP contribution in [0.5, 0.6) is 0 Å². The van der Waals surface area contributed by atoms with Crippen LogP contribution in [0.2, 0.25) is 18.1 Å². The minimum absolute atomic E-state index is 0. The van der Waals surface area contributed by atoms with Crippen LogP contribution in [0.3, 0.4) is 0 Å². The summed E-state index contributed by atoms with van der Waals surface area (Å²) in [7, 11) is -1.22. The molecule has 3 aromatic carbocycles. The Morgan fingerprint density at radius 2 is 1.57 bits per heavy atom. The van der Waals surface area contributed by atoms with Crippen molar-refractivity contribution < 1.29 is 30.0 Å². The molecule has 0 unspecified atom stereocenters. The summed E-state index contributed by atoms with van der Waals surface area (Å²) in [5.41, 5.74) is 3.81. The number of carbonyl (C=O) groups is 1. The number of rotatable bonds is 8. The number of ketones is 1. The Morgan fingerprint density at radius 3 is 2.27 bits per heavy atom. The van der Waals surface area contributed by atoms with Crippen molar-refractivity contribution in [3.63, 3.8) is 0 Å². The van der Waals surface area contributed by atoms with Gasteiger partial charge in [-0.3, -0.25) is 9.78 Å². The van der Waals surface area contributed by atoms with Crippen molar-refractivity contribution >= 4 is 40.6 Å². The summed E-state index contributed by atoms with van der Waals surface area (Å²) in [6.45, 7) is 8.07. The van der Waals surface area contributed by atoms with Crippen LogP contribution in [0.15, 0.2) is 72.6 Å². The molecule has 4 aromatic rings. The van der Waals surface area contributed by atoms with Gasteiger partial charge in [0.15, 0.2) is 5.78 Å². The molecule has 0 atom stereocenters. The summed E-state index contributed by atoms with van der Waals surface area (Å²) >= 11 is 0. The van der Waals surface area contributed by atoms with Gasteiger partial charge >= 0.3 is 0 Å². The van der Waals surface area contributed by atoms with Crippen molar-refractivity contribution in [2.75, 3.05) is 0 Å². The largest absolute Gasteiger partial charge is 0.512 e. The van der Waals surface area contributed by atoms with Gasteiger partial charge in [0.25, 0.3) is 0 Å². The predicted octanol–water partition coefficient (Wildman–Crippen LogP) is 10.1. The molecule has 2 aliphatic rings. The zero-order valence-corrected chi connectivity index (χ0v) is 30.3. The van der Waals surface area contributed by atoms with Gasteiger partial charge in [-0.2, -0.15) is 0 Å². The number of allylic oxidation sites excluding steroid dienone is 2. The molecule has 1 aromatic heterocycles. The maximum absolute atomic E-state index is 11.7. The second kappa shape index (κ2) is 15.6. The second-order valence-corrected chi connectivity index (χ2v) is 17.3. The first-order chi connectivity index (χ1) is 20.9. The topological polar surface area (TPSA) is 50.2 Å². The number of pyridine rings is 1. The molecular formula is C39H48IrNO2Si-. The van der Waals surface area contributed by atoms with E-state index >= 15 is 0 Å². The average molecular weight is 783 g/mol. The second-order valence-electron chi connectivity index (χ2n) is 12.7. The molecule has 235 valence electrons. The van der Waals surface area contributed by atoms with E-state index < -0.39 is 8.07 Å². The van der Waals surface area contributed by atoms with Crippen LogP contribution >= 0.6 is 0 Å². The number of hydrogen-bond acceptors (Lipinski definition) is 3. The van der Waals surface area contributed by atoms with Crippen molar-refractivity contribution in [3.8, 4) is 11.3 Å². The van der Waals surface area contributed by atoms with Gasteiger partial charge < -0.3 is 5.11 Å². The fraction of sp³-hybridized carbons (Fsp3) is 0.436. The Hall–Kier alpha value is -2.59. The zero-order valence-electron chi connectivity index (χ0n) is 26.9. The molecule has 1 radical (unpaired) electrons. The van der Waals surface area contributed by atoms with E-state index in [-0.39, 0.29) is 43.5 Å². The third-order valence-corrected chi connectivity index (χ3v) is 15.8. The molecule has 1 N–H and O–H groups in total. The van der Waals surface area contributed by atoms with Crippen molar-refractivity contribution in [1.82, 2.24) is 4.98 Å². The number of carbonyl (C=O) groups excluding carboxylic acids is 1. The first-order valence-electron chi connectivity index (χ1n) is 16.7. The van der Waals surface area contributed by atoms with E-state index in [9.17, 15) is 9.90 Å². The van der Waals surface area contributed by atoms with Crippen molar-refractivity contribution in [3.05, 3.63) is 84.3 Å². The first kappa shape index (κ1) is 34.3. The van der Waals surface area contributed by atoms with Gasteiger partial charge in [-0.15, -0.1) is 29.7 Å². The molecule has 1 fully saturated rings. The summed E-state index contributed by atoms with van der Waals surface area (Å²) in [5, 5.41) is 16.6. The number of aryl methyl sites for hydroxylation is 1. The molecule has 44 heavy (non-hydrogen) atoms. The van der Waals surface area contributed by atoms with Crippen LogP contribution < -0.4 is 5.19 Å². The molecule has 1 spiro atoms. The Labute approximate surface area is 278 Å². The molecule has 6 rings (SSSR count). The van der Waals surface area contributed by atoms with Crippen LogP contribution in [-0.4, -0.2) is 23.9 Å². The van der Waals surface area contributed by atoms with Gasteiger partial charge in [-0.05, 0) is 54.5 Å². The van der Waals surface area contributed by atoms with Crippen LogP contribution in [0.4, 0.5) is 0 Å². The minimum Gasteiger partial charge on any atom is -0.512 e. The van der Waals surface area contributed by atoms with Gasteiger partial charge in [0.2, 0.25) is 0 Å². The van der Waals surface area contributed by atoms with Gasteiger partial charge in [0.1, 0.15) is 0 Å². The predicted molar refractivity (Wildman–Crippen MR) is 185 cm³/mol. The van der Waals surface area contributed by atoms with E-state index in [0.717, 1.165) is 42.3 Å². The molecule has 1 saturated heterocycles. The first-order valence-corrected chi connectivity index (χ1v) is 19.3. The summed E-state index contributed by atoms with van der Waals surface area (Å²) < 4.78 is 0. The number of hydrogen-bond donors (Lipinski definition) is 1. The van der Waals surface area contributed by atoms with Crippen LogP contribution in [0.1, 0.15) is 78.2 Å². The smallest absolute Gasteiger partial charge is 0.162 e. The molecule has 0 saturated carbocycles. The number of aromatic nitrogens is 1. The quantitative estimate of drug-likeness (QED) is 0.0839. The number of nitrogens with zero attached hydrogens (tertiary/aromatic N) is 1. The maximum atomic E-state index is 11.7. The third kappa shape index (κ3) is 7.27. The number of fused-ring (bicyclic) bond motifs is 4. The number of aliphatic hydroxyl groups is 1. The molecule has 3 heterocycles. The Morgan fingerprint density at radius 1 is 0.886 bits per heavy atom. The zero-order chi connectivity index (χ0) is 30.4. The van der Waals surface area contributed by atoms with Crippen molar-refractivity contribution in [2.24, 2.45) is 11.8 Å². The Bertz CT molecular complexity index is 1600.